The van der Waals surface area contributed by atoms with Crippen LogP contribution in [-0.2, 0) is 4.74 Å². The lowest BCUT2D eigenvalue weighted by Crippen LogP contribution is -2.42. The summed E-state index contributed by atoms with van der Waals surface area (Å²) < 4.78 is 27.6. The van der Waals surface area contributed by atoms with Crippen LogP contribution in [0.5, 0.6) is 23.0 Å². The van der Waals surface area contributed by atoms with Crippen LogP contribution in [0.2, 0.25) is 0 Å². The van der Waals surface area contributed by atoms with Gasteiger partial charge in [-0.15, -0.1) is 0 Å². The van der Waals surface area contributed by atoms with E-state index in [1.54, 1.807) is 54.5 Å². The van der Waals surface area contributed by atoms with Crippen molar-refractivity contribution in [3.05, 3.63) is 53.3 Å². The van der Waals surface area contributed by atoms with Gasteiger partial charge in [0.05, 0.1) is 32.5 Å². The molecule has 0 N–H and O–H groups in total. The van der Waals surface area contributed by atoms with E-state index in [2.05, 4.69) is 0 Å². The molecular formula is C23H23NO7. The van der Waals surface area contributed by atoms with Crippen LogP contribution in [0.25, 0.3) is 6.08 Å². The molecule has 31 heavy (non-hydrogen) atoms. The Labute approximate surface area is 179 Å². The molecule has 0 aromatic heterocycles. The zero-order valence-corrected chi connectivity index (χ0v) is 17.4. The zero-order chi connectivity index (χ0) is 21.8. The summed E-state index contributed by atoms with van der Waals surface area (Å²) in [6.07, 6.45) is 1.06. The van der Waals surface area contributed by atoms with Gasteiger partial charge >= 0.3 is 6.09 Å². The van der Waals surface area contributed by atoms with Gasteiger partial charge < -0.3 is 28.6 Å². The number of nitrogens with zero attached hydrogens (tertiary/aromatic N) is 1. The van der Waals surface area contributed by atoms with Gasteiger partial charge in [0, 0.05) is 24.7 Å². The van der Waals surface area contributed by atoms with Crippen molar-refractivity contribution in [3.8, 4) is 23.0 Å². The Morgan fingerprint density at radius 1 is 1.19 bits per heavy atom. The van der Waals surface area contributed by atoms with E-state index in [0.29, 0.717) is 61.3 Å². The lowest BCUT2D eigenvalue weighted by atomic mass is 10.1. The van der Waals surface area contributed by atoms with E-state index in [-0.39, 0.29) is 17.3 Å². The molecule has 8 nitrogen and oxygen atoms in total. The number of benzene rings is 2. The third kappa shape index (κ3) is 4.34. The molecule has 2 aromatic carbocycles. The van der Waals surface area contributed by atoms with Gasteiger partial charge in [-0.2, -0.15) is 0 Å². The maximum absolute atomic E-state index is 12.8. The average molecular weight is 425 g/mol. The molecule has 2 heterocycles. The zero-order valence-electron chi connectivity index (χ0n) is 17.4. The number of para-hydroxylation sites is 1. The Morgan fingerprint density at radius 2 is 2.00 bits per heavy atom. The van der Waals surface area contributed by atoms with E-state index >= 15 is 0 Å². The number of ether oxygens (including phenoxy) is 5. The summed E-state index contributed by atoms with van der Waals surface area (Å²) in [7, 11) is 1.55. The van der Waals surface area contributed by atoms with Crippen LogP contribution in [0.1, 0.15) is 22.8 Å². The van der Waals surface area contributed by atoms with Gasteiger partial charge in [0.15, 0.2) is 17.3 Å². The van der Waals surface area contributed by atoms with Crippen LogP contribution >= 0.6 is 0 Å². The number of hydrogen-bond donors (Lipinski definition) is 0. The van der Waals surface area contributed by atoms with Crippen LogP contribution in [-0.4, -0.2) is 56.8 Å². The lowest BCUT2D eigenvalue weighted by Gasteiger charge is -2.26. The van der Waals surface area contributed by atoms with E-state index in [4.69, 9.17) is 23.7 Å². The van der Waals surface area contributed by atoms with Gasteiger partial charge in [0.2, 0.25) is 5.78 Å². The van der Waals surface area contributed by atoms with Crippen molar-refractivity contribution in [2.24, 2.45) is 0 Å². The van der Waals surface area contributed by atoms with E-state index in [0.717, 1.165) is 0 Å². The SMILES string of the molecule is CCOc1cccc(/C=C2\Oc3cc(OC)ccc3C2=O)c1OC(=O)N1CCOCC1. The minimum Gasteiger partial charge on any atom is -0.497 e. The third-order valence-electron chi connectivity index (χ3n) is 4.93. The number of fused-ring (bicyclic) bond motifs is 1. The normalized spacial score (nSPS) is 16.6. The summed E-state index contributed by atoms with van der Waals surface area (Å²) in [4.78, 5) is 27.1. The summed E-state index contributed by atoms with van der Waals surface area (Å²) in [5.41, 5.74) is 0.940. The van der Waals surface area contributed by atoms with E-state index < -0.39 is 6.09 Å². The quantitative estimate of drug-likeness (QED) is 0.678. The molecular weight excluding hydrogens is 402 g/mol. The van der Waals surface area contributed by atoms with Crippen LogP contribution in [0.3, 0.4) is 0 Å². The summed E-state index contributed by atoms with van der Waals surface area (Å²) in [5.74, 6) is 1.52. The molecule has 0 saturated carbocycles. The van der Waals surface area contributed by atoms with E-state index in [1.807, 2.05) is 6.92 Å². The van der Waals surface area contributed by atoms with Gasteiger partial charge in [-0.25, -0.2) is 4.79 Å². The fourth-order valence-corrected chi connectivity index (χ4v) is 3.36. The maximum Gasteiger partial charge on any atom is 0.415 e. The second kappa shape index (κ2) is 9.09. The maximum atomic E-state index is 12.8. The van der Waals surface area contributed by atoms with Crippen molar-refractivity contribution in [2.45, 2.75) is 6.92 Å². The minimum absolute atomic E-state index is 0.126. The standard InChI is InChI=1S/C23H23NO7/c1-3-29-18-6-4-5-15(22(18)31-23(26)24-9-11-28-12-10-24)13-20-21(25)17-8-7-16(27-2)14-19(17)30-20/h4-8,13-14H,3,9-12H2,1-2H3/b20-13-. The highest BCUT2D eigenvalue weighted by Gasteiger charge is 2.29. The van der Waals surface area contributed by atoms with Crippen molar-refractivity contribution in [2.75, 3.05) is 40.0 Å². The Morgan fingerprint density at radius 3 is 2.74 bits per heavy atom. The summed E-state index contributed by atoms with van der Waals surface area (Å²) in [6.45, 7) is 4.05. The number of carbonyl (C=O) groups excluding carboxylic acids is 2. The minimum atomic E-state index is -0.498. The molecule has 1 fully saturated rings. The highest BCUT2D eigenvalue weighted by molar-refractivity contribution is 6.14. The Hall–Kier alpha value is -3.52. The number of morpholine rings is 1. The van der Waals surface area contributed by atoms with Gasteiger partial charge in [-0.05, 0) is 31.2 Å². The summed E-state index contributed by atoms with van der Waals surface area (Å²) >= 11 is 0. The smallest absolute Gasteiger partial charge is 0.415 e. The fraction of sp³-hybridized carbons (Fsp3) is 0.304. The number of ketones is 1. The topological polar surface area (TPSA) is 83.5 Å². The van der Waals surface area contributed by atoms with Crippen LogP contribution < -0.4 is 18.9 Å². The molecule has 8 heteroatoms. The van der Waals surface area contributed by atoms with Gasteiger partial charge in [0.25, 0.3) is 0 Å². The van der Waals surface area contributed by atoms with Crippen molar-refractivity contribution in [3.63, 3.8) is 0 Å². The molecule has 0 bridgehead atoms. The van der Waals surface area contributed by atoms with Crippen molar-refractivity contribution >= 4 is 18.0 Å². The highest BCUT2D eigenvalue weighted by Crippen LogP contribution is 2.38. The molecule has 0 aliphatic carbocycles. The van der Waals surface area contributed by atoms with Crippen molar-refractivity contribution in [1.82, 2.24) is 4.90 Å². The molecule has 0 radical (unpaired) electrons. The number of rotatable bonds is 5. The predicted molar refractivity (Wildman–Crippen MR) is 112 cm³/mol. The summed E-state index contributed by atoms with van der Waals surface area (Å²) in [6, 6.07) is 10.2. The van der Waals surface area contributed by atoms with Gasteiger partial charge in [0.1, 0.15) is 11.5 Å². The number of allylic oxidation sites excluding steroid dienone is 1. The molecule has 2 aliphatic heterocycles. The Bertz CT molecular complexity index is 1020. The first-order valence-corrected chi connectivity index (χ1v) is 10.0. The van der Waals surface area contributed by atoms with Gasteiger partial charge in [-0.3, -0.25) is 4.79 Å². The molecule has 2 aliphatic rings. The molecule has 1 saturated heterocycles. The summed E-state index contributed by atoms with van der Waals surface area (Å²) in [5, 5.41) is 0. The van der Waals surface area contributed by atoms with Crippen LogP contribution in [0, 0.1) is 0 Å². The number of methoxy groups -OCH3 is 1. The first-order valence-electron chi connectivity index (χ1n) is 10.0. The number of amides is 1. The molecule has 0 atom stereocenters. The first kappa shape index (κ1) is 20.7. The van der Waals surface area contributed by atoms with E-state index in [9.17, 15) is 9.59 Å². The average Bonchev–Trinajstić information content (AvgIpc) is 3.11. The largest absolute Gasteiger partial charge is 0.497 e. The number of carbonyl (C=O) groups is 2. The Balaban J connectivity index is 1.65. The fourth-order valence-electron chi connectivity index (χ4n) is 3.36. The van der Waals surface area contributed by atoms with E-state index in [1.165, 1.54) is 0 Å². The molecule has 0 unspecified atom stereocenters. The number of hydrogen-bond acceptors (Lipinski definition) is 7. The predicted octanol–water partition coefficient (Wildman–Crippen LogP) is 3.54. The van der Waals surface area contributed by atoms with Crippen molar-refractivity contribution < 1.29 is 33.3 Å². The first-order chi connectivity index (χ1) is 15.1. The second-order valence-corrected chi connectivity index (χ2v) is 6.88. The van der Waals surface area contributed by atoms with Crippen LogP contribution in [0.4, 0.5) is 4.79 Å². The van der Waals surface area contributed by atoms with Crippen LogP contribution in [0.15, 0.2) is 42.2 Å². The van der Waals surface area contributed by atoms with Gasteiger partial charge in [-0.1, -0.05) is 12.1 Å². The lowest BCUT2D eigenvalue weighted by molar-refractivity contribution is 0.0413. The molecule has 1 amide bonds. The molecule has 4 rings (SSSR count). The van der Waals surface area contributed by atoms with Crippen molar-refractivity contribution in [1.29, 1.82) is 0 Å². The molecule has 162 valence electrons. The molecule has 2 aromatic rings. The third-order valence-corrected chi connectivity index (χ3v) is 4.93. The highest BCUT2D eigenvalue weighted by atomic mass is 16.6. The second-order valence-electron chi connectivity index (χ2n) is 6.88. The monoisotopic (exact) mass is 425 g/mol. The molecule has 0 spiro atoms. The Kier molecular flexibility index (Phi) is 6.08. The number of Topliss-reactive ketones (excluding diaryl/α,β-unsaturated/α-hetero) is 1.